The zero-order valence-corrected chi connectivity index (χ0v) is 23.5. The van der Waals surface area contributed by atoms with E-state index in [9.17, 15) is 5.11 Å². The number of hydrogen-bond donors (Lipinski definition) is 2. The molecule has 0 unspecified atom stereocenters. The molecule has 0 atom stereocenters. The van der Waals surface area contributed by atoms with Gasteiger partial charge in [-0.2, -0.15) is 0 Å². The van der Waals surface area contributed by atoms with Crippen LogP contribution in [0.4, 0.5) is 0 Å². The first-order valence-corrected chi connectivity index (χ1v) is 15.3. The molecule has 0 spiro atoms. The molecule has 0 aliphatic carbocycles. The highest BCUT2D eigenvalue weighted by Crippen LogP contribution is 2.15. The number of hydrogen-bond acceptors (Lipinski definition) is 2. The van der Waals surface area contributed by atoms with Crippen molar-refractivity contribution in [1.29, 1.82) is 0 Å². The quantitative estimate of drug-likeness (QED) is 0.116. The Labute approximate surface area is 227 Å². The summed E-state index contributed by atoms with van der Waals surface area (Å²) in [6.07, 6.45) is 34.4. The molecule has 0 saturated carbocycles. The van der Waals surface area contributed by atoms with Crippen molar-refractivity contribution in [3.8, 4) is 5.75 Å². The van der Waals surface area contributed by atoms with Gasteiger partial charge in [0.1, 0.15) is 12.3 Å². The van der Waals surface area contributed by atoms with E-state index in [0.717, 1.165) is 18.5 Å². The van der Waals surface area contributed by atoms with Gasteiger partial charge in [-0.15, -0.1) is 0 Å². The zero-order valence-electron chi connectivity index (χ0n) is 23.5. The fraction of sp³-hybridized carbons (Fsp3) is 0.618. The maximum atomic E-state index is 9.37. The summed E-state index contributed by atoms with van der Waals surface area (Å²) in [5.41, 5.74) is 2.29. The van der Waals surface area contributed by atoms with Crippen LogP contribution in [-0.2, 0) is 6.54 Å². The molecule has 206 valence electrons. The number of aryl methyl sites for hydroxylation is 1. The van der Waals surface area contributed by atoms with Gasteiger partial charge in [0, 0.05) is 25.2 Å². The number of rotatable bonds is 23. The monoisotopic (exact) mass is 508 g/mol. The van der Waals surface area contributed by atoms with Gasteiger partial charge in [0.25, 0.3) is 0 Å². The number of phenolic OH excluding ortho intramolecular Hbond substituents is 1. The fourth-order valence-corrected chi connectivity index (χ4v) is 4.92. The van der Waals surface area contributed by atoms with Crippen LogP contribution in [0.5, 0.6) is 5.75 Å². The van der Waals surface area contributed by atoms with Gasteiger partial charge in [0.2, 0.25) is 0 Å². The lowest BCUT2D eigenvalue weighted by Gasteiger charge is -2.04. The van der Waals surface area contributed by atoms with Crippen molar-refractivity contribution in [3.05, 3.63) is 59.9 Å². The minimum atomic E-state index is 0.304. The Bertz CT molecular complexity index is 798. The summed E-state index contributed by atoms with van der Waals surface area (Å²) in [5, 5.41) is 18.2. The van der Waals surface area contributed by atoms with Gasteiger partial charge >= 0.3 is 0 Å². The molecule has 0 radical (unpaired) electrons. The Hall–Kier alpha value is -2.13. The minimum absolute atomic E-state index is 0.304. The minimum Gasteiger partial charge on any atom is -0.508 e. The molecule has 0 aliphatic rings. The highest BCUT2D eigenvalue weighted by atomic mass is 16.3. The molecule has 2 aromatic rings. The molecule has 1 aromatic heterocycles. The van der Waals surface area contributed by atoms with Crippen molar-refractivity contribution in [2.75, 3.05) is 6.61 Å². The Kier molecular flexibility index (Phi) is 18.4. The van der Waals surface area contributed by atoms with Crippen molar-refractivity contribution in [1.82, 2.24) is 0 Å². The predicted molar refractivity (Wildman–Crippen MR) is 158 cm³/mol. The number of benzene rings is 1. The Morgan fingerprint density at radius 1 is 0.459 bits per heavy atom. The SMILES string of the molecule is OCCCCCCCCCCCCCCCCCCCCC[n+]1ccc(C=Cc2ccc(O)cc2)cc1. The number of aliphatic hydroxyl groups excluding tert-OH is 1. The highest BCUT2D eigenvalue weighted by molar-refractivity contribution is 5.69. The molecule has 3 nitrogen and oxygen atoms in total. The number of aromatic hydroxyl groups is 1. The van der Waals surface area contributed by atoms with E-state index in [-0.39, 0.29) is 0 Å². The van der Waals surface area contributed by atoms with Crippen LogP contribution in [-0.4, -0.2) is 16.8 Å². The molecule has 37 heavy (non-hydrogen) atoms. The molecular weight excluding hydrogens is 454 g/mol. The van der Waals surface area contributed by atoms with E-state index in [4.69, 9.17) is 5.11 Å². The fourth-order valence-electron chi connectivity index (χ4n) is 4.92. The van der Waals surface area contributed by atoms with E-state index in [0.29, 0.717) is 12.4 Å². The van der Waals surface area contributed by atoms with Crippen LogP contribution in [0.2, 0.25) is 0 Å². The van der Waals surface area contributed by atoms with Gasteiger partial charge in [-0.1, -0.05) is 127 Å². The van der Waals surface area contributed by atoms with E-state index in [2.05, 4.69) is 41.2 Å². The third-order valence-electron chi connectivity index (χ3n) is 7.35. The average molecular weight is 509 g/mol. The first kappa shape index (κ1) is 31.1. The second-order valence-corrected chi connectivity index (χ2v) is 10.7. The van der Waals surface area contributed by atoms with Gasteiger partial charge in [-0.05, 0) is 36.1 Å². The normalized spacial score (nSPS) is 11.5. The molecule has 0 aliphatic heterocycles. The maximum Gasteiger partial charge on any atom is 0.169 e. The Morgan fingerprint density at radius 3 is 1.22 bits per heavy atom. The molecule has 0 saturated heterocycles. The molecule has 1 heterocycles. The lowest BCUT2D eigenvalue weighted by Crippen LogP contribution is -2.32. The Morgan fingerprint density at radius 2 is 0.811 bits per heavy atom. The molecule has 3 heteroatoms. The van der Waals surface area contributed by atoms with Crippen LogP contribution < -0.4 is 4.57 Å². The summed E-state index contributed by atoms with van der Waals surface area (Å²) >= 11 is 0. The van der Waals surface area contributed by atoms with Gasteiger partial charge in [0.15, 0.2) is 12.4 Å². The zero-order chi connectivity index (χ0) is 26.2. The van der Waals surface area contributed by atoms with E-state index in [1.165, 1.54) is 121 Å². The van der Waals surface area contributed by atoms with E-state index >= 15 is 0 Å². The van der Waals surface area contributed by atoms with Crippen molar-refractivity contribution in [2.24, 2.45) is 0 Å². The van der Waals surface area contributed by atoms with E-state index < -0.39 is 0 Å². The second kappa shape index (κ2) is 21.9. The molecule has 0 bridgehead atoms. The third-order valence-corrected chi connectivity index (χ3v) is 7.35. The predicted octanol–water partition coefficient (Wildman–Crippen LogP) is 9.25. The van der Waals surface area contributed by atoms with Crippen LogP contribution in [0.1, 0.15) is 133 Å². The number of aliphatic hydroxyl groups is 1. The van der Waals surface area contributed by atoms with Crippen LogP contribution in [0.15, 0.2) is 48.8 Å². The molecule has 0 amide bonds. The van der Waals surface area contributed by atoms with Gasteiger partial charge < -0.3 is 10.2 Å². The summed E-state index contributed by atoms with van der Waals surface area (Å²) in [4.78, 5) is 0. The van der Waals surface area contributed by atoms with Gasteiger partial charge in [-0.3, -0.25) is 0 Å². The molecule has 2 rings (SSSR count). The third kappa shape index (κ3) is 17.1. The van der Waals surface area contributed by atoms with Crippen molar-refractivity contribution < 1.29 is 14.8 Å². The van der Waals surface area contributed by atoms with Crippen LogP contribution in [0, 0.1) is 0 Å². The summed E-state index contributed by atoms with van der Waals surface area (Å²) in [6.45, 7) is 1.47. The lowest BCUT2D eigenvalue weighted by atomic mass is 10.0. The molecule has 0 fully saturated rings. The standard InChI is InChI=1S/C34H53NO2/c36-31-19-17-15-13-11-9-7-5-3-1-2-4-6-8-10-12-14-16-18-28-35-29-26-33(27-30-35)21-20-32-22-24-34(37)25-23-32/h20-27,29-30,36H,1-19,28,31H2/p+1. The summed E-state index contributed by atoms with van der Waals surface area (Å²) in [6, 6.07) is 11.6. The topological polar surface area (TPSA) is 44.3 Å². The molecule has 2 N–H and O–H groups in total. The summed E-state index contributed by atoms with van der Waals surface area (Å²) < 4.78 is 2.29. The van der Waals surface area contributed by atoms with Gasteiger partial charge in [0.05, 0.1) is 0 Å². The lowest BCUT2D eigenvalue weighted by molar-refractivity contribution is -0.697. The Balaban J connectivity index is 1.33. The smallest absolute Gasteiger partial charge is 0.169 e. The first-order chi connectivity index (χ1) is 18.3. The first-order valence-electron chi connectivity index (χ1n) is 15.3. The number of aromatic nitrogens is 1. The van der Waals surface area contributed by atoms with Crippen LogP contribution in [0.3, 0.4) is 0 Å². The van der Waals surface area contributed by atoms with Crippen molar-refractivity contribution in [2.45, 2.75) is 129 Å². The second-order valence-electron chi connectivity index (χ2n) is 10.7. The number of phenols is 1. The summed E-state index contributed by atoms with van der Waals surface area (Å²) in [7, 11) is 0. The maximum absolute atomic E-state index is 9.37. The average Bonchev–Trinajstić information content (AvgIpc) is 2.92. The van der Waals surface area contributed by atoms with E-state index in [1.807, 2.05) is 12.1 Å². The molecule has 1 aromatic carbocycles. The number of nitrogens with zero attached hydrogens (tertiary/aromatic N) is 1. The number of pyridine rings is 1. The number of unbranched alkanes of at least 4 members (excludes halogenated alkanes) is 18. The van der Waals surface area contributed by atoms with E-state index in [1.54, 1.807) is 12.1 Å². The van der Waals surface area contributed by atoms with Crippen LogP contribution >= 0.6 is 0 Å². The molecular formula is C34H54NO2+. The van der Waals surface area contributed by atoms with Gasteiger partial charge in [-0.25, -0.2) is 4.57 Å². The largest absolute Gasteiger partial charge is 0.508 e. The van der Waals surface area contributed by atoms with Crippen LogP contribution in [0.25, 0.3) is 12.2 Å². The van der Waals surface area contributed by atoms with Crippen molar-refractivity contribution in [3.63, 3.8) is 0 Å². The summed E-state index contributed by atoms with van der Waals surface area (Å²) in [5.74, 6) is 0.304. The highest BCUT2D eigenvalue weighted by Gasteiger charge is 2.01. The van der Waals surface area contributed by atoms with Crippen molar-refractivity contribution >= 4 is 12.2 Å².